The van der Waals surface area contributed by atoms with Crippen LogP contribution in [0.25, 0.3) is 0 Å². The molecule has 0 amide bonds. The van der Waals surface area contributed by atoms with Crippen LogP contribution in [-0.2, 0) is 13.0 Å². The van der Waals surface area contributed by atoms with Crippen molar-refractivity contribution in [3.8, 4) is 0 Å². The van der Waals surface area contributed by atoms with Gasteiger partial charge in [0.05, 0.1) is 12.2 Å². The molecule has 1 aliphatic heterocycles. The van der Waals surface area contributed by atoms with Crippen molar-refractivity contribution in [2.75, 3.05) is 13.1 Å². The maximum Gasteiger partial charge on any atom is 0.266 e. The molecule has 1 aliphatic rings. The predicted octanol–water partition coefficient (Wildman–Crippen LogP) is 1.25. The summed E-state index contributed by atoms with van der Waals surface area (Å²) in [6.07, 6.45) is 4.80. The van der Waals surface area contributed by atoms with E-state index >= 15 is 0 Å². The molecule has 2 aromatic rings. The standard InChI is InChI=1S/C15H20N4O2/c1-12-10-14(21-17-12)6-9-18-8-3-4-13(18)11-19-15(20)5-2-7-16-19/h2,5,7,10,13H,3-4,6,8-9,11H2,1H3. The average molecular weight is 288 g/mol. The van der Waals surface area contributed by atoms with Crippen molar-refractivity contribution < 1.29 is 4.52 Å². The van der Waals surface area contributed by atoms with Gasteiger partial charge in [0.25, 0.3) is 5.56 Å². The van der Waals surface area contributed by atoms with E-state index in [4.69, 9.17) is 4.52 Å². The number of aromatic nitrogens is 3. The fourth-order valence-corrected chi connectivity index (χ4v) is 2.91. The Balaban J connectivity index is 1.60. The molecule has 0 bridgehead atoms. The SMILES string of the molecule is Cc1cc(CCN2CCCC2Cn2ncccc2=O)on1. The second kappa shape index (κ2) is 6.22. The molecule has 0 aromatic carbocycles. The molecule has 3 heterocycles. The zero-order valence-corrected chi connectivity index (χ0v) is 12.2. The first-order valence-corrected chi connectivity index (χ1v) is 7.41. The number of nitrogens with zero attached hydrogens (tertiary/aromatic N) is 4. The third-order valence-corrected chi connectivity index (χ3v) is 3.99. The summed E-state index contributed by atoms with van der Waals surface area (Å²) in [4.78, 5) is 14.2. The second-order valence-electron chi connectivity index (χ2n) is 5.56. The minimum Gasteiger partial charge on any atom is -0.361 e. The van der Waals surface area contributed by atoms with Gasteiger partial charge in [-0.1, -0.05) is 5.16 Å². The zero-order valence-electron chi connectivity index (χ0n) is 12.2. The van der Waals surface area contributed by atoms with Crippen molar-refractivity contribution in [3.63, 3.8) is 0 Å². The molecule has 3 rings (SSSR count). The van der Waals surface area contributed by atoms with Gasteiger partial charge < -0.3 is 4.52 Å². The number of hydrogen-bond acceptors (Lipinski definition) is 5. The summed E-state index contributed by atoms with van der Waals surface area (Å²) < 4.78 is 6.81. The van der Waals surface area contributed by atoms with E-state index in [2.05, 4.69) is 15.2 Å². The summed E-state index contributed by atoms with van der Waals surface area (Å²) in [6.45, 7) is 4.59. The quantitative estimate of drug-likeness (QED) is 0.828. The van der Waals surface area contributed by atoms with Crippen LogP contribution in [-0.4, -0.2) is 39.0 Å². The van der Waals surface area contributed by atoms with Gasteiger partial charge in [0, 0.05) is 37.3 Å². The van der Waals surface area contributed by atoms with Crippen LogP contribution in [0.15, 0.2) is 33.7 Å². The first kappa shape index (κ1) is 14.0. The molecule has 0 N–H and O–H groups in total. The molecule has 0 radical (unpaired) electrons. The average Bonchev–Trinajstić information content (AvgIpc) is 3.08. The molecule has 1 atom stereocenters. The first-order chi connectivity index (χ1) is 10.2. The van der Waals surface area contributed by atoms with E-state index in [0.29, 0.717) is 12.6 Å². The van der Waals surface area contributed by atoms with Crippen molar-refractivity contribution >= 4 is 0 Å². The summed E-state index contributed by atoms with van der Waals surface area (Å²) in [5.74, 6) is 0.924. The van der Waals surface area contributed by atoms with E-state index in [0.717, 1.165) is 37.4 Å². The minimum absolute atomic E-state index is 0.0322. The van der Waals surface area contributed by atoms with Crippen LogP contribution in [0.4, 0.5) is 0 Å². The van der Waals surface area contributed by atoms with Gasteiger partial charge in [0.1, 0.15) is 5.76 Å². The predicted molar refractivity (Wildman–Crippen MR) is 78.0 cm³/mol. The smallest absolute Gasteiger partial charge is 0.266 e. The Bertz CT molecular complexity index is 649. The van der Waals surface area contributed by atoms with Crippen molar-refractivity contribution in [1.82, 2.24) is 19.8 Å². The van der Waals surface area contributed by atoms with Crippen LogP contribution in [0.2, 0.25) is 0 Å². The van der Waals surface area contributed by atoms with Gasteiger partial charge in [-0.3, -0.25) is 9.69 Å². The summed E-state index contributed by atoms with van der Waals surface area (Å²) >= 11 is 0. The maximum atomic E-state index is 11.8. The van der Waals surface area contributed by atoms with E-state index in [9.17, 15) is 4.79 Å². The third kappa shape index (κ3) is 3.39. The van der Waals surface area contributed by atoms with E-state index in [1.807, 2.05) is 13.0 Å². The van der Waals surface area contributed by atoms with Gasteiger partial charge in [-0.2, -0.15) is 5.10 Å². The van der Waals surface area contributed by atoms with Crippen LogP contribution >= 0.6 is 0 Å². The molecule has 2 aromatic heterocycles. The summed E-state index contributed by atoms with van der Waals surface area (Å²) in [6, 6.07) is 5.59. The number of likely N-dealkylation sites (tertiary alicyclic amines) is 1. The van der Waals surface area contributed by atoms with E-state index in [1.165, 1.54) is 6.42 Å². The van der Waals surface area contributed by atoms with Crippen LogP contribution in [0.3, 0.4) is 0 Å². The lowest BCUT2D eigenvalue weighted by atomic mass is 10.2. The van der Waals surface area contributed by atoms with Gasteiger partial charge in [-0.15, -0.1) is 0 Å². The molecule has 1 unspecified atom stereocenters. The van der Waals surface area contributed by atoms with Crippen molar-refractivity contribution in [3.05, 3.63) is 46.2 Å². The Hall–Kier alpha value is -1.95. The summed E-state index contributed by atoms with van der Waals surface area (Å²) in [5, 5.41) is 8.06. The molecule has 0 spiro atoms. The number of rotatable bonds is 5. The van der Waals surface area contributed by atoms with Crippen LogP contribution in [0.1, 0.15) is 24.3 Å². The van der Waals surface area contributed by atoms with Gasteiger partial charge in [-0.05, 0) is 32.4 Å². The number of hydrogen-bond donors (Lipinski definition) is 0. The Morgan fingerprint density at radius 3 is 3.14 bits per heavy atom. The zero-order chi connectivity index (χ0) is 14.7. The molecule has 0 aliphatic carbocycles. The Labute approximate surface area is 123 Å². The number of aryl methyl sites for hydroxylation is 1. The Morgan fingerprint density at radius 1 is 1.48 bits per heavy atom. The highest BCUT2D eigenvalue weighted by Crippen LogP contribution is 2.18. The van der Waals surface area contributed by atoms with Crippen LogP contribution in [0, 0.1) is 6.92 Å². The Morgan fingerprint density at radius 2 is 2.38 bits per heavy atom. The van der Waals surface area contributed by atoms with Crippen molar-refractivity contribution in [2.45, 2.75) is 38.8 Å². The molecule has 0 saturated carbocycles. The molecule has 6 heteroatoms. The lowest BCUT2D eigenvalue weighted by Crippen LogP contribution is -2.37. The first-order valence-electron chi connectivity index (χ1n) is 7.41. The molecule has 1 fully saturated rings. The minimum atomic E-state index is -0.0322. The monoisotopic (exact) mass is 288 g/mol. The van der Waals surface area contributed by atoms with Crippen LogP contribution < -0.4 is 5.56 Å². The van der Waals surface area contributed by atoms with Crippen molar-refractivity contribution in [2.24, 2.45) is 0 Å². The molecule has 1 saturated heterocycles. The largest absolute Gasteiger partial charge is 0.361 e. The Kier molecular flexibility index (Phi) is 4.15. The molecular formula is C15H20N4O2. The van der Waals surface area contributed by atoms with E-state index < -0.39 is 0 Å². The topological polar surface area (TPSA) is 64.2 Å². The molecule has 21 heavy (non-hydrogen) atoms. The fraction of sp³-hybridized carbons (Fsp3) is 0.533. The lowest BCUT2D eigenvalue weighted by Gasteiger charge is -2.23. The molecule has 112 valence electrons. The van der Waals surface area contributed by atoms with E-state index in [1.54, 1.807) is 23.0 Å². The highest BCUT2D eigenvalue weighted by atomic mass is 16.5. The summed E-state index contributed by atoms with van der Waals surface area (Å²) in [7, 11) is 0. The highest BCUT2D eigenvalue weighted by Gasteiger charge is 2.25. The van der Waals surface area contributed by atoms with Crippen molar-refractivity contribution in [1.29, 1.82) is 0 Å². The fourth-order valence-electron chi connectivity index (χ4n) is 2.91. The van der Waals surface area contributed by atoms with Crippen LogP contribution in [0.5, 0.6) is 0 Å². The van der Waals surface area contributed by atoms with Gasteiger partial charge in [0.2, 0.25) is 0 Å². The maximum absolute atomic E-state index is 11.8. The van der Waals surface area contributed by atoms with E-state index in [-0.39, 0.29) is 5.56 Å². The third-order valence-electron chi connectivity index (χ3n) is 3.99. The summed E-state index contributed by atoms with van der Waals surface area (Å²) in [5.41, 5.74) is 0.887. The van der Waals surface area contributed by atoms with Gasteiger partial charge in [-0.25, -0.2) is 4.68 Å². The molecular weight excluding hydrogens is 268 g/mol. The normalized spacial score (nSPS) is 19.2. The van der Waals surface area contributed by atoms with Gasteiger partial charge >= 0.3 is 0 Å². The van der Waals surface area contributed by atoms with Gasteiger partial charge in [0.15, 0.2) is 0 Å². The molecule has 6 nitrogen and oxygen atoms in total. The second-order valence-corrected chi connectivity index (χ2v) is 5.56. The highest BCUT2D eigenvalue weighted by molar-refractivity contribution is 5.03. The lowest BCUT2D eigenvalue weighted by molar-refractivity contribution is 0.220.